The molecule has 0 heterocycles. The van der Waals surface area contributed by atoms with Crippen molar-refractivity contribution in [1.82, 2.24) is 0 Å². The van der Waals surface area contributed by atoms with Gasteiger partial charge in [0.1, 0.15) is 0 Å². The van der Waals surface area contributed by atoms with Gasteiger partial charge in [0.05, 0.1) is 12.3 Å². The second kappa shape index (κ2) is 5.90. The van der Waals surface area contributed by atoms with Crippen LogP contribution >= 0.6 is 0 Å². The third kappa shape index (κ3) is 3.70. The summed E-state index contributed by atoms with van der Waals surface area (Å²) in [6, 6.07) is 16.2. The zero-order valence-corrected chi connectivity index (χ0v) is 10.6. The fourth-order valence-electron chi connectivity index (χ4n) is 2.08. The topological polar surface area (TPSA) is 17.1 Å². The van der Waals surface area contributed by atoms with Gasteiger partial charge in [-0.25, -0.2) is 0 Å². The Balaban J connectivity index is 2.35. The predicted octanol–water partition coefficient (Wildman–Crippen LogP) is 4.61. The second-order valence-electron chi connectivity index (χ2n) is 4.51. The van der Waals surface area contributed by atoms with Crippen LogP contribution in [-0.4, -0.2) is 12.0 Å². The van der Waals surface area contributed by atoms with Crippen LogP contribution in [0.5, 0.6) is 0 Å². The first-order chi connectivity index (χ1) is 9.47. The highest BCUT2D eigenvalue weighted by atomic mass is 19.4. The van der Waals surface area contributed by atoms with E-state index in [0.29, 0.717) is 11.1 Å². The van der Waals surface area contributed by atoms with Crippen molar-refractivity contribution in [2.45, 2.75) is 18.5 Å². The summed E-state index contributed by atoms with van der Waals surface area (Å²) in [5.41, 5.74) is 0.685. The Morgan fingerprint density at radius 2 is 1.40 bits per heavy atom. The summed E-state index contributed by atoms with van der Waals surface area (Å²) >= 11 is 0. The summed E-state index contributed by atoms with van der Waals surface area (Å²) in [4.78, 5) is 12.3. The van der Waals surface area contributed by atoms with Gasteiger partial charge in [0.25, 0.3) is 0 Å². The number of alkyl halides is 3. The second-order valence-corrected chi connectivity index (χ2v) is 4.51. The molecule has 0 bridgehead atoms. The fourth-order valence-corrected chi connectivity index (χ4v) is 2.08. The molecule has 0 spiro atoms. The Bertz CT molecular complexity index is 561. The molecule has 0 aromatic heterocycles. The first-order valence-corrected chi connectivity index (χ1v) is 6.18. The van der Waals surface area contributed by atoms with E-state index in [4.69, 9.17) is 0 Å². The third-order valence-corrected chi connectivity index (χ3v) is 3.01. The molecule has 0 saturated carbocycles. The van der Waals surface area contributed by atoms with Crippen LogP contribution < -0.4 is 0 Å². The van der Waals surface area contributed by atoms with E-state index in [2.05, 4.69) is 0 Å². The Morgan fingerprint density at radius 3 is 1.90 bits per heavy atom. The Kier molecular flexibility index (Phi) is 4.23. The van der Waals surface area contributed by atoms with Crippen LogP contribution in [0.2, 0.25) is 0 Å². The molecule has 104 valence electrons. The van der Waals surface area contributed by atoms with Crippen molar-refractivity contribution in [2.75, 3.05) is 0 Å². The molecule has 0 aliphatic carbocycles. The van der Waals surface area contributed by atoms with Gasteiger partial charge in [0.2, 0.25) is 0 Å². The fraction of sp³-hybridized carbons (Fsp3) is 0.188. The summed E-state index contributed by atoms with van der Waals surface area (Å²) in [6.45, 7) is 0. The van der Waals surface area contributed by atoms with Gasteiger partial charge in [0.15, 0.2) is 5.78 Å². The van der Waals surface area contributed by atoms with Crippen LogP contribution in [0.1, 0.15) is 28.3 Å². The quantitative estimate of drug-likeness (QED) is 0.747. The van der Waals surface area contributed by atoms with Crippen molar-refractivity contribution >= 4 is 5.78 Å². The van der Waals surface area contributed by atoms with Crippen molar-refractivity contribution in [3.05, 3.63) is 71.8 Å². The SMILES string of the molecule is O=C(c1ccccc1)C(CC(F)(F)F)c1ccccc1. The number of rotatable bonds is 4. The number of carbonyl (C=O) groups is 1. The van der Waals surface area contributed by atoms with Gasteiger partial charge < -0.3 is 0 Å². The molecule has 0 N–H and O–H groups in total. The molecule has 2 rings (SSSR count). The van der Waals surface area contributed by atoms with Crippen LogP contribution in [0, 0.1) is 0 Å². The van der Waals surface area contributed by atoms with Gasteiger partial charge in [-0.2, -0.15) is 13.2 Å². The maximum atomic E-state index is 12.7. The number of ketones is 1. The highest BCUT2D eigenvalue weighted by molar-refractivity contribution is 6.01. The molecule has 2 aromatic carbocycles. The van der Waals surface area contributed by atoms with Crippen molar-refractivity contribution < 1.29 is 18.0 Å². The molecular weight excluding hydrogens is 265 g/mol. The molecule has 0 fully saturated rings. The van der Waals surface area contributed by atoms with Gasteiger partial charge in [-0.15, -0.1) is 0 Å². The van der Waals surface area contributed by atoms with Crippen molar-refractivity contribution in [3.8, 4) is 0 Å². The van der Waals surface area contributed by atoms with E-state index >= 15 is 0 Å². The lowest BCUT2D eigenvalue weighted by Crippen LogP contribution is -2.21. The lowest BCUT2D eigenvalue weighted by atomic mass is 9.88. The molecule has 1 unspecified atom stereocenters. The minimum atomic E-state index is -4.38. The highest BCUT2D eigenvalue weighted by Crippen LogP contribution is 2.33. The maximum Gasteiger partial charge on any atom is 0.390 e. The summed E-state index contributed by atoms with van der Waals surface area (Å²) in [7, 11) is 0. The van der Waals surface area contributed by atoms with Crippen LogP contribution in [0.25, 0.3) is 0 Å². The number of Topliss-reactive ketones (excluding diaryl/α,β-unsaturated/α-hetero) is 1. The first kappa shape index (κ1) is 14.3. The molecular formula is C16H13F3O. The van der Waals surface area contributed by atoms with E-state index in [0.717, 1.165) is 0 Å². The number of benzene rings is 2. The Hall–Kier alpha value is -2.10. The van der Waals surface area contributed by atoms with Crippen molar-refractivity contribution in [1.29, 1.82) is 0 Å². The zero-order chi connectivity index (χ0) is 14.6. The van der Waals surface area contributed by atoms with E-state index in [1.165, 1.54) is 12.1 Å². The number of hydrogen-bond acceptors (Lipinski definition) is 1. The third-order valence-electron chi connectivity index (χ3n) is 3.01. The molecule has 0 aliphatic heterocycles. The van der Waals surface area contributed by atoms with Crippen LogP contribution in [-0.2, 0) is 0 Å². The standard InChI is InChI=1S/C16H13F3O/c17-16(18,19)11-14(12-7-3-1-4-8-12)15(20)13-9-5-2-6-10-13/h1-10,14H,11H2. The molecule has 1 atom stereocenters. The zero-order valence-electron chi connectivity index (χ0n) is 10.6. The van der Waals surface area contributed by atoms with Crippen molar-refractivity contribution in [2.24, 2.45) is 0 Å². The summed E-state index contributed by atoms with van der Waals surface area (Å²) in [6.07, 6.45) is -5.53. The van der Waals surface area contributed by atoms with E-state index in [-0.39, 0.29) is 0 Å². The van der Waals surface area contributed by atoms with E-state index in [9.17, 15) is 18.0 Å². The maximum absolute atomic E-state index is 12.7. The first-order valence-electron chi connectivity index (χ1n) is 6.18. The summed E-state index contributed by atoms with van der Waals surface area (Å²) < 4.78 is 38.1. The average Bonchev–Trinajstić information content (AvgIpc) is 2.45. The lowest BCUT2D eigenvalue weighted by molar-refractivity contribution is -0.136. The Morgan fingerprint density at radius 1 is 0.900 bits per heavy atom. The lowest BCUT2D eigenvalue weighted by Gasteiger charge is -2.18. The minimum Gasteiger partial charge on any atom is -0.293 e. The molecule has 2 aromatic rings. The van der Waals surface area contributed by atoms with Gasteiger partial charge in [-0.3, -0.25) is 4.79 Å². The number of hydrogen-bond donors (Lipinski definition) is 0. The average molecular weight is 278 g/mol. The van der Waals surface area contributed by atoms with Gasteiger partial charge >= 0.3 is 6.18 Å². The summed E-state index contributed by atoms with van der Waals surface area (Å²) in [5, 5.41) is 0. The normalized spacial score (nSPS) is 12.9. The van der Waals surface area contributed by atoms with Crippen molar-refractivity contribution in [3.63, 3.8) is 0 Å². The minimum absolute atomic E-state index is 0.297. The molecule has 4 heteroatoms. The van der Waals surface area contributed by atoms with Gasteiger partial charge in [-0.05, 0) is 5.56 Å². The Labute approximate surface area is 115 Å². The largest absolute Gasteiger partial charge is 0.390 e. The van der Waals surface area contributed by atoms with E-state index < -0.39 is 24.3 Å². The number of halogens is 3. The monoisotopic (exact) mass is 278 g/mol. The molecule has 0 saturated heterocycles. The predicted molar refractivity (Wildman–Crippen MR) is 70.6 cm³/mol. The molecule has 1 nitrogen and oxygen atoms in total. The molecule has 0 amide bonds. The molecule has 0 aliphatic rings. The smallest absolute Gasteiger partial charge is 0.293 e. The van der Waals surface area contributed by atoms with Gasteiger partial charge in [-0.1, -0.05) is 60.7 Å². The number of carbonyl (C=O) groups excluding carboxylic acids is 1. The van der Waals surface area contributed by atoms with Crippen LogP contribution in [0.4, 0.5) is 13.2 Å². The van der Waals surface area contributed by atoms with Crippen LogP contribution in [0.3, 0.4) is 0 Å². The highest BCUT2D eigenvalue weighted by Gasteiger charge is 2.36. The van der Waals surface area contributed by atoms with E-state index in [1.54, 1.807) is 48.5 Å². The molecule has 20 heavy (non-hydrogen) atoms. The van der Waals surface area contributed by atoms with E-state index in [1.807, 2.05) is 0 Å². The molecule has 0 radical (unpaired) electrons. The van der Waals surface area contributed by atoms with Gasteiger partial charge in [0, 0.05) is 5.56 Å². The van der Waals surface area contributed by atoms with Crippen LogP contribution in [0.15, 0.2) is 60.7 Å². The summed E-state index contributed by atoms with van der Waals surface area (Å²) in [5.74, 6) is -1.70.